The van der Waals surface area contributed by atoms with Crippen molar-refractivity contribution in [1.29, 1.82) is 5.26 Å². The molecule has 0 amide bonds. The number of nitriles is 1. The van der Waals surface area contributed by atoms with Gasteiger partial charge in [-0.1, -0.05) is 23.7 Å². The van der Waals surface area contributed by atoms with Crippen molar-refractivity contribution in [2.45, 2.75) is 20.8 Å². The van der Waals surface area contributed by atoms with Gasteiger partial charge in [0.1, 0.15) is 16.8 Å². The first-order valence-electron chi connectivity index (χ1n) is 6.53. The van der Waals surface area contributed by atoms with Crippen LogP contribution in [-0.2, 0) is 4.79 Å². The SMILES string of the molecule is Cc1ccc(C)c(-n2nc(C)c(/C=C(/C#N)C(=O)O)c2Cl)c1. The van der Waals surface area contributed by atoms with Crippen molar-refractivity contribution in [3.8, 4) is 11.8 Å². The third-order valence-corrected chi connectivity index (χ3v) is 3.64. The van der Waals surface area contributed by atoms with Crippen LogP contribution < -0.4 is 0 Å². The predicted octanol–water partition coefficient (Wildman–Crippen LogP) is 3.44. The van der Waals surface area contributed by atoms with E-state index >= 15 is 0 Å². The average molecular weight is 316 g/mol. The molecule has 0 bridgehead atoms. The minimum atomic E-state index is -1.29. The van der Waals surface area contributed by atoms with Crippen molar-refractivity contribution < 1.29 is 9.90 Å². The minimum absolute atomic E-state index is 0.278. The highest BCUT2D eigenvalue weighted by Gasteiger charge is 2.17. The van der Waals surface area contributed by atoms with Gasteiger partial charge in [-0.3, -0.25) is 0 Å². The van der Waals surface area contributed by atoms with Gasteiger partial charge in [-0.25, -0.2) is 9.48 Å². The number of benzene rings is 1. The number of nitrogens with zero attached hydrogens (tertiary/aromatic N) is 3. The largest absolute Gasteiger partial charge is 0.477 e. The van der Waals surface area contributed by atoms with E-state index in [0.29, 0.717) is 11.3 Å². The van der Waals surface area contributed by atoms with Crippen LogP contribution in [0.2, 0.25) is 5.15 Å². The second-order valence-electron chi connectivity index (χ2n) is 4.97. The van der Waals surface area contributed by atoms with Gasteiger partial charge >= 0.3 is 5.97 Å². The molecule has 0 unspecified atom stereocenters. The van der Waals surface area contributed by atoms with Gasteiger partial charge in [0.15, 0.2) is 0 Å². The molecule has 0 aliphatic carbocycles. The summed E-state index contributed by atoms with van der Waals surface area (Å²) in [6, 6.07) is 7.54. The van der Waals surface area contributed by atoms with Crippen molar-refractivity contribution in [1.82, 2.24) is 9.78 Å². The van der Waals surface area contributed by atoms with E-state index in [2.05, 4.69) is 5.10 Å². The van der Waals surface area contributed by atoms with Crippen LogP contribution in [-0.4, -0.2) is 20.9 Å². The quantitative estimate of drug-likeness (QED) is 0.695. The number of hydrogen-bond donors (Lipinski definition) is 1. The molecule has 5 nitrogen and oxygen atoms in total. The number of rotatable bonds is 3. The van der Waals surface area contributed by atoms with Gasteiger partial charge in [-0.2, -0.15) is 10.4 Å². The molecule has 1 heterocycles. The Morgan fingerprint density at radius 3 is 2.68 bits per heavy atom. The molecule has 2 rings (SSSR count). The second-order valence-corrected chi connectivity index (χ2v) is 5.32. The summed E-state index contributed by atoms with van der Waals surface area (Å²) in [5.41, 5.74) is 3.47. The number of hydrogen-bond acceptors (Lipinski definition) is 3. The molecule has 0 spiro atoms. The third kappa shape index (κ3) is 2.87. The Bertz CT molecular complexity index is 829. The summed E-state index contributed by atoms with van der Waals surface area (Å²) in [5.74, 6) is -1.29. The molecule has 0 aliphatic rings. The van der Waals surface area contributed by atoms with Crippen LogP contribution >= 0.6 is 11.6 Å². The summed E-state index contributed by atoms with van der Waals surface area (Å²) in [5, 5.41) is 22.5. The van der Waals surface area contributed by atoms with Crippen LogP contribution in [0.15, 0.2) is 23.8 Å². The van der Waals surface area contributed by atoms with Gasteiger partial charge in [0.05, 0.1) is 11.4 Å². The molecule has 0 atom stereocenters. The van der Waals surface area contributed by atoms with E-state index in [0.717, 1.165) is 16.8 Å². The molecular weight excluding hydrogens is 302 g/mol. The molecule has 1 aromatic carbocycles. The van der Waals surface area contributed by atoms with E-state index in [1.807, 2.05) is 32.0 Å². The monoisotopic (exact) mass is 315 g/mol. The first kappa shape index (κ1) is 15.8. The zero-order chi connectivity index (χ0) is 16.4. The second kappa shape index (κ2) is 6.04. The van der Waals surface area contributed by atoms with Gasteiger partial charge in [0.2, 0.25) is 0 Å². The molecule has 22 heavy (non-hydrogen) atoms. The highest BCUT2D eigenvalue weighted by atomic mass is 35.5. The zero-order valence-corrected chi connectivity index (χ0v) is 13.1. The molecule has 0 saturated carbocycles. The van der Waals surface area contributed by atoms with E-state index in [1.165, 1.54) is 6.08 Å². The maximum Gasteiger partial charge on any atom is 0.346 e. The van der Waals surface area contributed by atoms with Crippen LogP contribution in [0.25, 0.3) is 11.8 Å². The maximum absolute atomic E-state index is 11.0. The number of halogens is 1. The number of carbonyl (C=O) groups is 1. The average Bonchev–Trinajstić information content (AvgIpc) is 2.74. The zero-order valence-electron chi connectivity index (χ0n) is 12.4. The standard InChI is InChI=1S/C16H14ClN3O2/c1-9-4-5-10(2)14(6-9)20-15(17)13(11(3)19-20)7-12(8-18)16(21)22/h4-7H,1-3H3,(H,21,22)/b12-7-. The van der Waals surface area contributed by atoms with Crippen molar-refractivity contribution in [2.75, 3.05) is 0 Å². The van der Waals surface area contributed by atoms with Gasteiger partial charge < -0.3 is 5.11 Å². The summed E-state index contributed by atoms with van der Waals surface area (Å²) < 4.78 is 1.56. The van der Waals surface area contributed by atoms with Crippen LogP contribution in [0.4, 0.5) is 0 Å². The van der Waals surface area contributed by atoms with E-state index in [1.54, 1.807) is 17.7 Å². The number of aliphatic carboxylic acids is 1. The van der Waals surface area contributed by atoms with Crippen molar-refractivity contribution in [3.63, 3.8) is 0 Å². The maximum atomic E-state index is 11.0. The van der Waals surface area contributed by atoms with Crippen LogP contribution in [0, 0.1) is 32.1 Å². The Hall–Kier alpha value is -2.58. The Balaban J connectivity index is 2.64. The highest BCUT2D eigenvalue weighted by Crippen LogP contribution is 2.27. The fraction of sp³-hybridized carbons (Fsp3) is 0.188. The number of carboxylic acid groups (broad SMARTS) is 1. The molecule has 2 aromatic rings. The Labute approximate surface area is 133 Å². The number of aryl methyl sites for hydroxylation is 3. The fourth-order valence-corrected chi connectivity index (χ4v) is 2.39. The predicted molar refractivity (Wildman–Crippen MR) is 84.0 cm³/mol. The van der Waals surface area contributed by atoms with E-state index in [9.17, 15) is 4.79 Å². The minimum Gasteiger partial charge on any atom is -0.477 e. The third-order valence-electron chi connectivity index (χ3n) is 3.28. The Kier molecular flexibility index (Phi) is 4.34. The summed E-state index contributed by atoms with van der Waals surface area (Å²) in [6.45, 7) is 5.62. The summed E-state index contributed by atoms with van der Waals surface area (Å²) in [4.78, 5) is 11.0. The van der Waals surface area contributed by atoms with Crippen molar-refractivity contribution >= 4 is 23.6 Å². The first-order valence-corrected chi connectivity index (χ1v) is 6.90. The molecule has 1 aromatic heterocycles. The molecule has 0 fully saturated rings. The lowest BCUT2D eigenvalue weighted by molar-refractivity contribution is -0.132. The van der Waals surface area contributed by atoms with E-state index < -0.39 is 5.97 Å². The first-order chi connectivity index (χ1) is 10.3. The number of carboxylic acids is 1. The molecule has 0 radical (unpaired) electrons. The van der Waals surface area contributed by atoms with Crippen molar-refractivity contribution in [3.05, 3.63) is 51.3 Å². The lowest BCUT2D eigenvalue weighted by Gasteiger charge is -2.08. The van der Waals surface area contributed by atoms with Gasteiger partial charge in [0.25, 0.3) is 0 Å². The highest BCUT2D eigenvalue weighted by molar-refractivity contribution is 6.31. The number of aromatic nitrogens is 2. The van der Waals surface area contributed by atoms with Crippen LogP contribution in [0.3, 0.4) is 0 Å². The molecule has 6 heteroatoms. The Morgan fingerprint density at radius 2 is 2.09 bits per heavy atom. The molecule has 0 aliphatic heterocycles. The molecule has 112 valence electrons. The van der Waals surface area contributed by atoms with Gasteiger partial charge in [-0.05, 0) is 44.0 Å². The molecule has 0 saturated heterocycles. The smallest absolute Gasteiger partial charge is 0.346 e. The lowest BCUT2D eigenvalue weighted by Crippen LogP contribution is -2.00. The summed E-state index contributed by atoms with van der Waals surface area (Å²) in [6.07, 6.45) is 1.24. The normalized spacial score (nSPS) is 11.3. The van der Waals surface area contributed by atoms with Crippen molar-refractivity contribution in [2.24, 2.45) is 0 Å². The Morgan fingerprint density at radius 1 is 1.41 bits per heavy atom. The van der Waals surface area contributed by atoms with Gasteiger partial charge in [0, 0.05) is 5.56 Å². The lowest BCUT2D eigenvalue weighted by atomic mass is 10.1. The summed E-state index contributed by atoms with van der Waals surface area (Å²) in [7, 11) is 0. The van der Waals surface area contributed by atoms with Crippen LogP contribution in [0.1, 0.15) is 22.4 Å². The molecule has 1 N–H and O–H groups in total. The summed E-state index contributed by atoms with van der Waals surface area (Å²) >= 11 is 6.35. The topological polar surface area (TPSA) is 78.9 Å². The van der Waals surface area contributed by atoms with E-state index in [-0.39, 0.29) is 10.7 Å². The fourth-order valence-electron chi connectivity index (χ4n) is 2.07. The van der Waals surface area contributed by atoms with Gasteiger partial charge in [-0.15, -0.1) is 0 Å². The van der Waals surface area contributed by atoms with Crippen LogP contribution in [0.5, 0.6) is 0 Å². The molecular formula is C16H14ClN3O2. The van der Waals surface area contributed by atoms with E-state index in [4.69, 9.17) is 22.0 Å².